The molecule has 1 saturated heterocycles. The molecular weight excluding hydrogens is 527 g/mol. The zero-order valence-corrected chi connectivity index (χ0v) is 22.9. The molecule has 0 bridgehead atoms. The average molecular weight is 561 g/mol. The molecule has 9 nitrogen and oxygen atoms in total. The summed E-state index contributed by atoms with van der Waals surface area (Å²) in [5.41, 5.74) is 1.83. The number of halogens is 1. The van der Waals surface area contributed by atoms with Gasteiger partial charge in [-0.05, 0) is 43.0 Å². The maximum Gasteiger partial charge on any atom is 0.322 e. The van der Waals surface area contributed by atoms with E-state index in [1.165, 1.54) is 28.0 Å². The van der Waals surface area contributed by atoms with Crippen molar-refractivity contribution in [3.05, 3.63) is 95.5 Å². The van der Waals surface area contributed by atoms with Crippen LogP contribution in [0.2, 0.25) is 0 Å². The van der Waals surface area contributed by atoms with Gasteiger partial charge >= 0.3 is 12.0 Å². The highest BCUT2D eigenvalue weighted by Gasteiger charge is 2.48. The largest absolute Gasteiger partial charge is 0.466 e. The van der Waals surface area contributed by atoms with E-state index in [1.54, 1.807) is 48.2 Å². The number of benzene rings is 2. The van der Waals surface area contributed by atoms with E-state index in [0.717, 1.165) is 0 Å². The molecule has 1 fully saturated rings. The lowest BCUT2D eigenvalue weighted by atomic mass is 9.94. The number of nitrogens with one attached hydrogen (secondary N) is 1. The van der Waals surface area contributed by atoms with Gasteiger partial charge in [0, 0.05) is 19.6 Å². The number of piperidine rings is 1. The van der Waals surface area contributed by atoms with Gasteiger partial charge in [-0.3, -0.25) is 19.3 Å². The number of nitrogens with zero attached hydrogens (tertiary/aromatic N) is 3. The number of hydrogen-bond donors (Lipinski definition) is 1. The lowest BCUT2D eigenvalue weighted by molar-refractivity contribution is -0.152. The van der Waals surface area contributed by atoms with Crippen LogP contribution in [0.25, 0.3) is 0 Å². The number of carbonyl (C=O) groups excluding carboxylic acids is 4. The Morgan fingerprint density at radius 2 is 1.85 bits per heavy atom. The van der Waals surface area contributed by atoms with Crippen molar-refractivity contribution < 1.29 is 28.3 Å². The molecule has 3 aliphatic heterocycles. The summed E-state index contributed by atoms with van der Waals surface area (Å²) in [5, 5.41) is 2.84. The molecule has 2 aromatic rings. The molecule has 2 aromatic carbocycles. The number of amides is 4. The van der Waals surface area contributed by atoms with Crippen molar-refractivity contribution in [2.45, 2.75) is 31.8 Å². The highest BCUT2D eigenvalue weighted by molar-refractivity contribution is 6.04. The normalized spacial score (nSPS) is 20.0. The minimum Gasteiger partial charge on any atom is -0.466 e. The Labute approximate surface area is 238 Å². The van der Waals surface area contributed by atoms with Crippen molar-refractivity contribution in [3.63, 3.8) is 0 Å². The van der Waals surface area contributed by atoms with E-state index in [1.807, 2.05) is 6.07 Å². The second-order valence-corrected chi connectivity index (χ2v) is 10.3. The molecular formula is C31H33FN4O5. The fourth-order valence-corrected chi connectivity index (χ4v) is 5.84. The van der Waals surface area contributed by atoms with Crippen molar-refractivity contribution in [2.75, 3.05) is 32.8 Å². The molecule has 0 radical (unpaired) electrons. The Hall–Kier alpha value is -4.47. The smallest absolute Gasteiger partial charge is 0.322 e. The number of esters is 1. The highest BCUT2D eigenvalue weighted by Crippen LogP contribution is 2.40. The molecule has 0 spiro atoms. The molecule has 0 aromatic heterocycles. The second-order valence-electron chi connectivity index (χ2n) is 10.3. The third-order valence-corrected chi connectivity index (χ3v) is 7.83. The van der Waals surface area contributed by atoms with E-state index < -0.39 is 29.8 Å². The van der Waals surface area contributed by atoms with Crippen LogP contribution in [0.4, 0.5) is 9.18 Å². The first kappa shape index (κ1) is 28.1. The number of carbonyl (C=O) groups is 4. The summed E-state index contributed by atoms with van der Waals surface area (Å²) in [6.45, 7) is 6.71. The maximum absolute atomic E-state index is 14.2. The number of likely N-dealkylation sites (tertiary alicyclic amines) is 1. The van der Waals surface area contributed by atoms with Crippen LogP contribution in [0.3, 0.4) is 0 Å². The summed E-state index contributed by atoms with van der Waals surface area (Å²) in [6, 6.07) is 12.6. The molecule has 3 heterocycles. The lowest BCUT2D eigenvalue weighted by Gasteiger charge is -2.36. The molecule has 0 aliphatic carbocycles. The molecule has 1 N–H and O–H groups in total. The summed E-state index contributed by atoms with van der Waals surface area (Å²) in [7, 11) is 0. The number of urea groups is 1. The molecule has 5 rings (SSSR count). The Kier molecular flexibility index (Phi) is 8.19. The van der Waals surface area contributed by atoms with Crippen LogP contribution in [0.15, 0.2) is 78.5 Å². The van der Waals surface area contributed by atoms with Gasteiger partial charge in [-0.15, -0.1) is 6.58 Å². The molecule has 2 unspecified atom stereocenters. The van der Waals surface area contributed by atoms with Crippen LogP contribution in [0.1, 0.15) is 43.0 Å². The van der Waals surface area contributed by atoms with Crippen LogP contribution >= 0.6 is 0 Å². The number of hydrogen-bond acceptors (Lipinski definition) is 5. The standard InChI is InChI=1S/C31H33FN4O5/c1-3-15-35-24-19-36(28(37)25(24)26(33-31(35)40)22-11-8-12-23(32)18-22)27(20-9-6-5-7-10-20)29(38)34-16-13-21(14-17-34)30(39)41-4-2/h3,5-12,18,21,26-27H,1,4,13-17,19H2,2H3,(H,33,40). The van der Waals surface area contributed by atoms with Crippen molar-refractivity contribution in [2.24, 2.45) is 5.92 Å². The molecule has 4 amide bonds. The van der Waals surface area contributed by atoms with Gasteiger partial charge in [0.1, 0.15) is 11.9 Å². The van der Waals surface area contributed by atoms with Gasteiger partial charge < -0.3 is 19.9 Å². The maximum atomic E-state index is 14.2. The Morgan fingerprint density at radius 3 is 2.51 bits per heavy atom. The van der Waals surface area contributed by atoms with Crippen molar-refractivity contribution >= 4 is 23.8 Å². The summed E-state index contributed by atoms with van der Waals surface area (Å²) in [4.78, 5) is 58.4. The van der Waals surface area contributed by atoms with E-state index >= 15 is 0 Å². The Morgan fingerprint density at radius 1 is 1.12 bits per heavy atom. The van der Waals surface area contributed by atoms with Gasteiger partial charge in [-0.1, -0.05) is 48.5 Å². The van der Waals surface area contributed by atoms with Gasteiger partial charge in [-0.2, -0.15) is 0 Å². The van der Waals surface area contributed by atoms with Crippen LogP contribution in [0, 0.1) is 11.7 Å². The average Bonchev–Trinajstić information content (AvgIpc) is 3.31. The summed E-state index contributed by atoms with van der Waals surface area (Å²) < 4.78 is 19.4. The highest BCUT2D eigenvalue weighted by atomic mass is 19.1. The minimum absolute atomic E-state index is 0.0197. The minimum atomic E-state index is -0.956. The SMILES string of the molecule is C=CCN1C(=O)NC(c2cccc(F)c2)C2=C1CN(C(C(=O)N1CCC(C(=O)OCC)CC1)c1ccccc1)C2=O. The van der Waals surface area contributed by atoms with Crippen LogP contribution < -0.4 is 5.32 Å². The van der Waals surface area contributed by atoms with Crippen LogP contribution in [0.5, 0.6) is 0 Å². The summed E-state index contributed by atoms with van der Waals surface area (Å²) >= 11 is 0. The van der Waals surface area contributed by atoms with E-state index in [2.05, 4.69) is 11.9 Å². The first-order valence-electron chi connectivity index (χ1n) is 13.8. The molecule has 3 aliphatic rings. The Balaban J connectivity index is 1.48. The number of ether oxygens (including phenoxy) is 1. The second kappa shape index (κ2) is 12.0. The first-order chi connectivity index (χ1) is 19.8. The molecule has 10 heteroatoms. The van der Waals surface area contributed by atoms with Crippen LogP contribution in [-0.4, -0.2) is 71.3 Å². The monoisotopic (exact) mass is 560 g/mol. The van der Waals surface area contributed by atoms with Gasteiger partial charge in [0.2, 0.25) is 5.91 Å². The third-order valence-electron chi connectivity index (χ3n) is 7.83. The van der Waals surface area contributed by atoms with E-state index in [-0.39, 0.29) is 30.9 Å². The van der Waals surface area contributed by atoms with Crippen molar-refractivity contribution in [1.29, 1.82) is 0 Å². The Bertz CT molecular complexity index is 1390. The number of rotatable bonds is 8. The quantitative estimate of drug-likeness (QED) is 0.392. The molecule has 0 saturated carbocycles. The topological polar surface area (TPSA) is 99.3 Å². The zero-order valence-electron chi connectivity index (χ0n) is 22.9. The summed E-state index contributed by atoms with van der Waals surface area (Å²) in [5.74, 6) is -1.68. The fraction of sp³-hybridized carbons (Fsp3) is 0.355. The van der Waals surface area contributed by atoms with Gasteiger partial charge in [-0.25, -0.2) is 9.18 Å². The molecule has 41 heavy (non-hydrogen) atoms. The third kappa shape index (κ3) is 5.46. The first-order valence-corrected chi connectivity index (χ1v) is 13.8. The van der Waals surface area contributed by atoms with E-state index in [9.17, 15) is 23.6 Å². The summed E-state index contributed by atoms with van der Waals surface area (Å²) in [6.07, 6.45) is 2.51. The van der Waals surface area contributed by atoms with Crippen molar-refractivity contribution in [1.82, 2.24) is 20.0 Å². The zero-order chi connectivity index (χ0) is 29.1. The lowest BCUT2D eigenvalue weighted by Crippen LogP contribution is -2.48. The molecule has 2 atom stereocenters. The van der Waals surface area contributed by atoms with E-state index in [4.69, 9.17) is 4.74 Å². The predicted octanol–water partition coefficient (Wildman–Crippen LogP) is 3.72. The van der Waals surface area contributed by atoms with Gasteiger partial charge in [0.15, 0.2) is 0 Å². The van der Waals surface area contributed by atoms with Crippen LogP contribution in [-0.2, 0) is 19.1 Å². The van der Waals surface area contributed by atoms with Gasteiger partial charge in [0.05, 0.1) is 36.4 Å². The predicted molar refractivity (Wildman–Crippen MR) is 148 cm³/mol. The molecule has 214 valence electrons. The van der Waals surface area contributed by atoms with Crippen molar-refractivity contribution in [3.8, 4) is 0 Å². The van der Waals surface area contributed by atoms with Gasteiger partial charge in [0.25, 0.3) is 5.91 Å². The fourth-order valence-electron chi connectivity index (χ4n) is 5.84. The van der Waals surface area contributed by atoms with E-state index in [0.29, 0.717) is 54.9 Å².